The van der Waals surface area contributed by atoms with Crippen molar-refractivity contribution in [1.29, 1.82) is 0 Å². The smallest absolute Gasteiger partial charge is 0.0107 e. The van der Waals surface area contributed by atoms with E-state index in [1.807, 2.05) is 11.8 Å². The second kappa shape index (κ2) is 7.17. The van der Waals surface area contributed by atoms with E-state index in [1.54, 1.807) is 0 Å². The lowest BCUT2D eigenvalue weighted by Gasteiger charge is -2.26. The number of thioether (sulfide) groups is 1. The average molecular weight is 264 g/mol. The Hall–Kier alpha value is -0.510. The molecule has 1 heterocycles. The van der Waals surface area contributed by atoms with E-state index in [9.17, 15) is 0 Å². The molecule has 1 aliphatic rings. The Morgan fingerprint density at radius 3 is 2.67 bits per heavy atom. The number of hydrogen-bond donors (Lipinski definition) is 1. The molecular weight excluding hydrogens is 240 g/mol. The zero-order valence-electron chi connectivity index (χ0n) is 11.5. The summed E-state index contributed by atoms with van der Waals surface area (Å²) >= 11 is 1.99. The minimum Gasteiger partial charge on any atom is -0.314 e. The van der Waals surface area contributed by atoms with Crippen LogP contribution in [0.3, 0.4) is 0 Å². The molecule has 1 aromatic carbocycles. The van der Waals surface area contributed by atoms with Crippen molar-refractivity contribution in [2.75, 3.05) is 38.5 Å². The summed E-state index contributed by atoms with van der Waals surface area (Å²) in [5.74, 6) is 1.23. The highest BCUT2D eigenvalue weighted by atomic mass is 32.2. The summed E-state index contributed by atoms with van der Waals surface area (Å²) in [6.07, 6.45) is 1.29. The number of nitrogens with zero attached hydrogens (tertiary/aromatic N) is 1. The molecule has 0 radical (unpaired) electrons. The summed E-state index contributed by atoms with van der Waals surface area (Å²) in [5.41, 5.74) is 2.79. The van der Waals surface area contributed by atoms with Crippen molar-refractivity contribution in [3.63, 3.8) is 0 Å². The van der Waals surface area contributed by atoms with Crippen LogP contribution in [0.4, 0.5) is 0 Å². The van der Waals surface area contributed by atoms with E-state index in [1.165, 1.54) is 47.8 Å². The first kappa shape index (κ1) is 13.9. The molecule has 0 spiro atoms. The van der Waals surface area contributed by atoms with Crippen LogP contribution in [-0.4, -0.2) is 43.4 Å². The number of rotatable bonds is 5. The molecule has 1 N–H and O–H groups in total. The fourth-order valence-corrected chi connectivity index (χ4v) is 3.15. The molecule has 0 aliphatic carbocycles. The third-order valence-corrected chi connectivity index (χ3v) is 4.66. The summed E-state index contributed by atoms with van der Waals surface area (Å²) in [5, 5.41) is 3.40. The van der Waals surface area contributed by atoms with E-state index < -0.39 is 0 Å². The SMILES string of the molecule is Cc1ccc(SCCCN2CCNCC2)cc1C. The van der Waals surface area contributed by atoms with Crippen LogP contribution in [0.15, 0.2) is 23.1 Å². The Balaban J connectivity index is 1.66. The van der Waals surface area contributed by atoms with E-state index >= 15 is 0 Å². The highest BCUT2D eigenvalue weighted by Gasteiger charge is 2.08. The standard InChI is InChI=1S/C15H24N2S/c1-13-4-5-15(12-14(13)2)18-11-3-8-17-9-6-16-7-10-17/h4-5,12,16H,3,6-11H2,1-2H3. The third-order valence-electron chi connectivity index (χ3n) is 3.58. The van der Waals surface area contributed by atoms with Crippen molar-refractivity contribution < 1.29 is 0 Å². The van der Waals surface area contributed by atoms with E-state index in [4.69, 9.17) is 0 Å². The fraction of sp³-hybridized carbons (Fsp3) is 0.600. The quantitative estimate of drug-likeness (QED) is 0.650. The molecule has 2 rings (SSSR count). The monoisotopic (exact) mass is 264 g/mol. The summed E-state index contributed by atoms with van der Waals surface area (Å²) < 4.78 is 0. The Morgan fingerprint density at radius 1 is 1.17 bits per heavy atom. The van der Waals surface area contributed by atoms with Gasteiger partial charge in [-0.2, -0.15) is 0 Å². The molecule has 100 valence electrons. The first-order chi connectivity index (χ1) is 8.75. The maximum Gasteiger partial charge on any atom is 0.0107 e. The van der Waals surface area contributed by atoms with E-state index in [0.717, 1.165) is 13.1 Å². The maximum atomic E-state index is 3.40. The van der Waals surface area contributed by atoms with Gasteiger partial charge in [0.15, 0.2) is 0 Å². The highest BCUT2D eigenvalue weighted by molar-refractivity contribution is 7.99. The van der Waals surface area contributed by atoms with Gasteiger partial charge in [-0.15, -0.1) is 11.8 Å². The van der Waals surface area contributed by atoms with Crippen molar-refractivity contribution in [3.8, 4) is 0 Å². The van der Waals surface area contributed by atoms with Crippen LogP contribution in [0, 0.1) is 13.8 Å². The predicted octanol–water partition coefficient (Wildman–Crippen LogP) is 2.69. The molecule has 1 fully saturated rings. The van der Waals surface area contributed by atoms with Crippen molar-refractivity contribution >= 4 is 11.8 Å². The fourth-order valence-electron chi connectivity index (χ4n) is 2.22. The lowest BCUT2D eigenvalue weighted by molar-refractivity contribution is 0.242. The zero-order valence-corrected chi connectivity index (χ0v) is 12.4. The number of piperazine rings is 1. The normalized spacial score (nSPS) is 17.0. The minimum atomic E-state index is 1.16. The van der Waals surface area contributed by atoms with Crippen molar-refractivity contribution in [1.82, 2.24) is 10.2 Å². The third kappa shape index (κ3) is 4.30. The lowest BCUT2D eigenvalue weighted by Crippen LogP contribution is -2.43. The lowest BCUT2D eigenvalue weighted by atomic mass is 10.1. The van der Waals surface area contributed by atoms with Crippen molar-refractivity contribution in [2.24, 2.45) is 0 Å². The van der Waals surface area contributed by atoms with Crippen LogP contribution < -0.4 is 5.32 Å². The molecular formula is C15H24N2S. The van der Waals surface area contributed by atoms with Crippen LogP contribution in [0.5, 0.6) is 0 Å². The maximum absolute atomic E-state index is 3.40. The van der Waals surface area contributed by atoms with E-state index in [2.05, 4.69) is 42.3 Å². The van der Waals surface area contributed by atoms with Gasteiger partial charge in [0.1, 0.15) is 0 Å². The Labute approximate surface area is 115 Å². The second-order valence-electron chi connectivity index (χ2n) is 5.04. The Morgan fingerprint density at radius 2 is 1.94 bits per heavy atom. The molecule has 0 amide bonds. The van der Waals surface area contributed by atoms with Gasteiger partial charge in [-0.25, -0.2) is 0 Å². The topological polar surface area (TPSA) is 15.3 Å². The predicted molar refractivity (Wildman–Crippen MR) is 80.6 cm³/mol. The first-order valence-corrected chi connectivity index (χ1v) is 7.87. The first-order valence-electron chi connectivity index (χ1n) is 6.89. The van der Waals surface area contributed by atoms with Gasteiger partial charge in [-0.05, 0) is 55.8 Å². The largest absolute Gasteiger partial charge is 0.314 e. The highest BCUT2D eigenvalue weighted by Crippen LogP contribution is 2.21. The van der Waals surface area contributed by atoms with Crippen LogP contribution >= 0.6 is 11.8 Å². The molecule has 1 saturated heterocycles. The Kier molecular flexibility index (Phi) is 5.54. The molecule has 0 unspecified atom stereocenters. The van der Waals surface area contributed by atoms with Crippen LogP contribution in [-0.2, 0) is 0 Å². The zero-order chi connectivity index (χ0) is 12.8. The molecule has 3 heteroatoms. The summed E-state index contributed by atoms with van der Waals surface area (Å²) in [6, 6.07) is 6.79. The van der Waals surface area contributed by atoms with Gasteiger partial charge in [-0.1, -0.05) is 6.07 Å². The van der Waals surface area contributed by atoms with Crippen LogP contribution in [0.1, 0.15) is 17.5 Å². The average Bonchev–Trinajstić information content (AvgIpc) is 2.40. The van der Waals surface area contributed by atoms with Crippen LogP contribution in [0.2, 0.25) is 0 Å². The summed E-state index contributed by atoms with van der Waals surface area (Å²) in [4.78, 5) is 3.98. The second-order valence-corrected chi connectivity index (χ2v) is 6.21. The molecule has 1 aliphatic heterocycles. The molecule has 0 bridgehead atoms. The van der Waals surface area contributed by atoms with Gasteiger partial charge in [0.05, 0.1) is 0 Å². The summed E-state index contributed by atoms with van der Waals surface area (Å²) in [7, 11) is 0. The van der Waals surface area contributed by atoms with Gasteiger partial charge in [-0.3, -0.25) is 0 Å². The molecule has 1 aromatic rings. The van der Waals surface area contributed by atoms with Gasteiger partial charge < -0.3 is 10.2 Å². The van der Waals surface area contributed by atoms with Crippen molar-refractivity contribution in [3.05, 3.63) is 29.3 Å². The Bertz CT molecular complexity index is 373. The number of benzene rings is 1. The minimum absolute atomic E-state index is 1.16. The molecule has 0 atom stereocenters. The van der Waals surface area contributed by atoms with Gasteiger partial charge >= 0.3 is 0 Å². The van der Waals surface area contributed by atoms with Crippen LogP contribution in [0.25, 0.3) is 0 Å². The molecule has 2 nitrogen and oxygen atoms in total. The van der Waals surface area contributed by atoms with E-state index in [0.29, 0.717) is 0 Å². The van der Waals surface area contributed by atoms with Gasteiger partial charge in [0.25, 0.3) is 0 Å². The molecule has 0 aromatic heterocycles. The van der Waals surface area contributed by atoms with Gasteiger partial charge in [0, 0.05) is 31.1 Å². The van der Waals surface area contributed by atoms with Gasteiger partial charge in [0.2, 0.25) is 0 Å². The number of hydrogen-bond acceptors (Lipinski definition) is 3. The number of nitrogens with one attached hydrogen (secondary N) is 1. The van der Waals surface area contributed by atoms with E-state index in [-0.39, 0.29) is 0 Å². The van der Waals surface area contributed by atoms with Crippen molar-refractivity contribution in [2.45, 2.75) is 25.2 Å². The molecule has 18 heavy (non-hydrogen) atoms. The number of aryl methyl sites for hydroxylation is 2. The molecule has 0 saturated carbocycles. The summed E-state index contributed by atoms with van der Waals surface area (Å²) in [6.45, 7) is 10.4.